The third kappa shape index (κ3) is 6.05. The highest BCUT2D eigenvalue weighted by Gasteiger charge is 2.41. The van der Waals surface area contributed by atoms with Gasteiger partial charge in [-0.05, 0) is 80.6 Å². The van der Waals surface area contributed by atoms with Crippen LogP contribution in [0.4, 0.5) is 4.39 Å². The average Bonchev–Trinajstić information content (AvgIpc) is 2.84. The molecule has 2 aliphatic rings. The molecule has 2 amide bonds. The predicted molar refractivity (Wildman–Crippen MR) is 126 cm³/mol. The largest absolute Gasteiger partial charge is 0.493 e. The number of carbonyl (C=O) groups is 2. The van der Waals surface area contributed by atoms with E-state index in [1.54, 1.807) is 36.4 Å². The molecule has 0 saturated carbocycles. The molecule has 2 fully saturated rings. The molecule has 0 spiro atoms. The second kappa shape index (κ2) is 10.6. The predicted octanol–water partition coefficient (Wildman–Crippen LogP) is 5.18. The van der Waals surface area contributed by atoms with Crippen LogP contribution in [0.1, 0.15) is 48.9 Å². The van der Waals surface area contributed by atoms with Gasteiger partial charge in [0.1, 0.15) is 11.6 Å². The van der Waals surface area contributed by atoms with Crippen molar-refractivity contribution in [1.29, 1.82) is 0 Å². The smallest absolute Gasteiger partial charge is 0.253 e. The lowest BCUT2D eigenvalue weighted by atomic mass is 9.77. The van der Waals surface area contributed by atoms with Crippen molar-refractivity contribution in [2.45, 2.75) is 38.5 Å². The first-order chi connectivity index (χ1) is 15.9. The fourth-order valence-electron chi connectivity index (χ4n) is 4.81. The van der Waals surface area contributed by atoms with Gasteiger partial charge in [-0.3, -0.25) is 9.59 Å². The number of ether oxygens (including phenoxy) is 1. The van der Waals surface area contributed by atoms with Crippen LogP contribution < -0.4 is 4.74 Å². The molecule has 0 aromatic heterocycles. The normalized spacial score (nSPS) is 21.0. The van der Waals surface area contributed by atoms with E-state index in [2.05, 4.69) is 0 Å². The summed E-state index contributed by atoms with van der Waals surface area (Å²) in [4.78, 5) is 30.2. The van der Waals surface area contributed by atoms with Gasteiger partial charge in [0.25, 0.3) is 5.91 Å². The number of amides is 2. The van der Waals surface area contributed by atoms with Gasteiger partial charge >= 0.3 is 0 Å². The van der Waals surface area contributed by atoms with Crippen molar-refractivity contribution in [3.63, 3.8) is 0 Å². The van der Waals surface area contributed by atoms with E-state index < -0.39 is 5.41 Å². The minimum atomic E-state index is -0.497. The van der Waals surface area contributed by atoms with Crippen molar-refractivity contribution in [3.8, 4) is 5.75 Å². The minimum Gasteiger partial charge on any atom is -0.493 e. The second-order valence-electron chi connectivity index (χ2n) is 9.20. The van der Waals surface area contributed by atoms with E-state index in [0.29, 0.717) is 42.5 Å². The van der Waals surface area contributed by atoms with Gasteiger partial charge in [-0.1, -0.05) is 11.6 Å². The fourth-order valence-corrected chi connectivity index (χ4v) is 4.94. The van der Waals surface area contributed by atoms with Crippen molar-refractivity contribution in [3.05, 3.63) is 64.9 Å². The zero-order valence-corrected chi connectivity index (χ0v) is 19.5. The topological polar surface area (TPSA) is 49.9 Å². The number of benzene rings is 2. The molecule has 0 radical (unpaired) electrons. The van der Waals surface area contributed by atoms with E-state index in [0.717, 1.165) is 45.2 Å². The Labute approximate surface area is 199 Å². The summed E-state index contributed by atoms with van der Waals surface area (Å²) in [6, 6.07) is 12.8. The van der Waals surface area contributed by atoms with Crippen molar-refractivity contribution >= 4 is 23.4 Å². The highest BCUT2D eigenvalue weighted by molar-refractivity contribution is 6.30. The Morgan fingerprint density at radius 2 is 1.58 bits per heavy atom. The molecule has 2 heterocycles. The zero-order valence-electron chi connectivity index (χ0n) is 18.8. The van der Waals surface area contributed by atoms with Crippen LogP contribution in [-0.4, -0.2) is 54.4 Å². The Kier molecular flexibility index (Phi) is 7.53. The first kappa shape index (κ1) is 23.6. The molecule has 1 unspecified atom stereocenters. The van der Waals surface area contributed by atoms with E-state index >= 15 is 0 Å². The van der Waals surface area contributed by atoms with Crippen molar-refractivity contribution < 1.29 is 18.7 Å². The average molecular weight is 473 g/mol. The highest BCUT2D eigenvalue weighted by atomic mass is 35.5. The lowest BCUT2D eigenvalue weighted by molar-refractivity contribution is -0.136. The van der Waals surface area contributed by atoms with Gasteiger partial charge in [0, 0.05) is 48.6 Å². The molecule has 0 bridgehead atoms. The van der Waals surface area contributed by atoms with E-state index in [9.17, 15) is 14.0 Å². The van der Waals surface area contributed by atoms with Crippen molar-refractivity contribution in [2.24, 2.45) is 5.41 Å². The standard InChI is InChI=1S/C26H30ClFN2O3/c27-21-7-5-20(6-8-21)25(32)30-16-4-13-26(18-30,17-24(31)29-14-2-1-3-15-29)19-33-23-11-9-22(28)10-12-23/h5-12H,1-4,13-19H2. The SMILES string of the molecule is O=C(CC1(COc2ccc(F)cc2)CCCN(C(=O)c2ccc(Cl)cc2)C1)N1CCCCC1. The Balaban J connectivity index is 1.52. The molecular weight excluding hydrogens is 443 g/mol. The molecule has 176 valence electrons. The maximum atomic E-state index is 13.3. The van der Waals surface area contributed by atoms with E-state index in [1.165, 1.54) is 12.1 Å². The van der Waals surface area contributed by atoms with Crippen LogP contribution in [0.5, 0.6) is 5.75 Å². The van der Waals surface area contributed by atoms with Gasteiger partial charge in [-0.15, -0.1) is 0 Å². The third-order valence-electron chi connectivity index (χ3n) is 6.63. The third-order valence-corrected chi connectivity index (χ3v) is 6.89. The lowest BCUT2D eigenvalue weighted by Crippen LogP contribution is -2.51. The summed E-state index contributed by atoms with van der Waals surface area (Å²) in [6.07, 6.45) is 5.14. The molecule has 2 saturated heterocycles. The lowest BCUT2D eigenvalue weighted by Gasteiger charge is -2.43. The van der Waals surface area contributed by atoms with Crippen molar-refractivity contribution in [1.82, 2.24) is 9.80 Å². The Morgan fingerprint density at radius 1 is 0.909 bits per heavy atom. The molecule has 33 heavy (non-hydrogen) atoms. The number of halogens is 2. The first-order valence-electron chi connectivity index (χ1n) is 11.7. The van der Waals surface area contributed by atoms with Crippen LogP contribution in [0.2, 0.25) is 5.02 Å². The molecule has 2 aliphatic heterocycles. The quantitative estimate of drug-likeness (QED) is 0.581. The fraction of sp³-hybridized carbons (Fsp3) is 0.462. The van der Waals surface area contributed by atoms with Gasteiger partial charge < -0.3 is 14.5 Å². The summed E-state index contributed by atoms with van der Waals surface area (Å²) >= 11 is 5.98. The number of piperidine rings is 2. The molecule has 2 aromatic carbocycles. The van der Waals surface area contributed by atoms with Crippen LogP contribution in [0.3, 0.4) is 0 Å². The molecule has 5 nitrogen and oxygen atoms in total. The molecule has 1 atom stereocenters. The Hall–Kier alpha value is -2.60. The summed E-state index contributed by atoms with van der Waals surface area (Å²) in [5.74, 6) is 0.290. The van der Waals surface area contributed by atoms with Crippen LogP contribution in [0, 0.1) is 11.2 Å². The van der Waals surface area contributed by atoms with Gasteiger partial charge in [-0.25, -0.2) is 4.39 Å². The highest BCUT2D eigenvalue weighted by Crippen LogP contribution is 2.36. The molecule has 2 aromatic rings. The summed E-state index contributed by atoms with van der Waals surface area (Å²) in [5.41, 5.74) is 0.0838. The maximum Gasteiger partial charge on any atom is 0.253 e. The van der Waals surface area contributed by atoms with Gasteiger partial charge in [0.05, 0.1) is 6.61 Å². The number of hydrogen-bond donors (Lipinski definition) is 0. The van der Waals surface area contributed by atoms with Crippen LogP contribution in [0.15, 0.2) is 48.5 Å². The Bertz CT molecular complexity index is 961. The van der Waals surface area contributed by atoms with Gasteiger partial charge in [0.2, 0.25) is 5.91 Å². The minimum absolute atomic E-state index is 0.0667. The van der Waals surface area contributed by atoms with Gasteiger partial charge in [-0.2, -0.15) is 0 Å². The summed E-state index contributed by atoms with van der Waals surface area (Å²) < 4.78 is 19.4. The number of hydrogen-bond acceptors (Lipinski definition) is 3. The molecular formula is C26H30ClFN2O3. The molecule has 0 aliphatic carbocycles. The zero-order chi connectivity index (χ0) is 23.3. The number of likely N-dealkylation sites (tertiary alicyclic amines) is 2. The second-order valence-corrected chi connectivity index (χ2v) is 9.63. The number of rotatable bonds is 6. The molecule has 7 heteroatoms. The number of carbonyl (C=O) groups excluding carboxylic acids is 2. The van der Waals surface area contributed by atoms with Crippen LogP contribution in [-0.2, 0) is 4.79 Å². The summed E-state index contributed by atoms with van der Waals surface area (Å²) in [7, 11) is 0. The molecule has 4 rings (SSSR count). The summed E-state index contributed by atoms with van der Waals surface area (Å²) in [6.45, 7) is 2.96. The van der Waals surface area contributed by atoms with E-state index in [-0.39, 0.29) is 17.6 Å². The summed E-state index contributed by atoms with van der Waals surface area (Å²) in [5, 5.41) is 0.583. The Morgan fingerprint density at radius 3 is 2.27 bits per heavy atom. The van der Waals surface area contributed by atoms with Gasteiger partial charge in [0.15, 0.2) is 0 Å². The monoisotopic (exact) mass is 472 g/mol. The molecule has 0 N–H and O–H groups in total. The first-order valence-corrected chi connectivity index (χ1v) is 12.0. The van der Waals surface area contributed by atoms with E-state index in [4.69, 9.17) is 16.3 Å². The van der Waals surface area contributed by atoms with E-state index in [1.807, 2.05) is 9.80 Å². The van der Waals surface area contributed by atoms with Crippen molar-refractivity contribution in [2.75, 3.05) is 32.8 Å². The maximum absolute atomic E-state index is 13.3. The number of nitrogens with zero attached hydrogens (tertiary/aromatic N) is 2. The van der Waals surface area contributed by atoms with Crippen LogP contribution >= 0.6 is 11.6 Å². The van der Waals surface area contributed by atoms with Crippen LogP contribution in [0.25, 0.3) is 0 Å².